The molecule has 0 fully saturated rings. The largest absolute Gasteiger partial charge is 0.487 e. The van der Waals surface area contributed by atoms with Crippen molar-refractivity contribution in [2.75, 3.05) is 31.6 Å². The van der Waals surface area contributed by atoms with Gasteiger partial charge < -0.3 is 24.1 Å². The van der Waals surface area contributed by atoms with Crippen LogP contribution < -0.4 is 20.6 Å². The minimum absolute atomic E-state index is 0.136. The second-order valence-electron chi connectivity index (χ2n) is 10.1. The van der Waals surface area contributed by atoms with Crippen molar-refractivity contribution in [3.05, 3.63) is 76.4 Å². The minimum atomic E-state index is -0.508. The second-order valence-corrected chi connectivity index (χ2v) is 10.1. The predicted octanol–water partition coefficient (Wildman–Crippen LogP) is 5.04. The molecule has 228 valence electrons. The van der Waals surface area contributed by atoms with Gasteiger partial charge in [0.1, 0.15) is 23.6 Å². The summed E-state index contributed by atoms with van der Waals surface area (Å²) in [6.45, 7) is 6.61. The molecule has 0 radical (unpaired) electrons. The Morgan fingerprint density at radius 2 is 1.72 bits per heavy atom. The van der Waals surface area contributed by atoms with E-state index in [9.17, 15) is 14.4 Å². The maximum Gasteiger partial charge on any atom is 0.362 e. The average Bonchev–Trinajstić information content (AvgIpc) is 3.50. The molecule has 0 aliphatic rings. The van der Waals surface area contributed by atoms with E-state index in [0.29, 0.717) is 35.6 Å². The second kappa shape index (κ2) is 15.5. The maximum atomic E-state index is 12.7. The Labute approximate surface area is 250 Å². The molecule has 0 spiro atoms. The zero-order valence-electron chi connectivity index (χ0n) is 25.0. The van der Waals surface area contributed by atoms with Crippen molar-refractivity contribution in [1.29, 1.82) is 0 Å². The van der Waals surface area contributed by atoms with Gasteiger partial charge in [-0.15, -0.1) is 5.10 Å². The summed E-state index contributed by atoms with van der Waals surface area (Å²) in [4.78, 5) is 38.5. The van der Waals surface area contributed by atoms with Crippen molar-refractivity contribution in [2.24, 2.45) is 0 Å². The average molecular weight is 590 g/mol. The molecule has 0 aliphatic carbocycles. The molecule has 0 aliphatic heterocycles. The maximum absolute atomic E-state index is 12.7. The third-order valence-electron chi connectivity index (χ3n) is 7.19. The third-order valence-corrected chi connectivity index (χ3v) is 7.19. The molecule has 11 heteroatoms. The molecule has 4 aromatic rings. The topological polar surface area (TPSA) is 129 Å². The van der Waals surface area contributed by atoms with E-state index in [-0.39, 0.29) is 24.2 Å². The zero-order valence-corrected chi connectivity index (χ0v) is 25.0. The number of hydrogen-bond acceptors (Lipinski definition) is 9. The lowest BCUT2D eigenvalue weighted by Crippen LogP contribution is -2.24. The summed E-state index contributed by atoms with van der Waals surface area (Å²) in [7, 11) is 1.40. The van der Waals surface area contributed by atoms with E-state index in [0.717, 1.165) is 56.3 Å². The highest BCUT2D eigenvalue weighted by Crippen LogP contribution is 2.23. The lowest BCUT2D eigenvalue weighted by molar-refractivity contribution is -0.140. The highest BCUT2D eigenvalue weighted by Gasteiger charge is 2.13. The summed E-state index contributed by atoms with van der Waals surface area (Å²) in [6, 6.07) is 14.4. The van der Waals surface area contributed by atoms with Crippen LogP contribution in [0.3, 0.4) is 0 Å². The number of esters is 1. The fourth-order valence-corrected chi connectivity index (χ4v) is 4.71. The number of carbonyl (C=O) groups excluding carboxylic acids is 2. The molecular weight excluding hydrogens is 550 g/mol. The van der Waals surface area contributed by atoms with Crippen LogP contribution in [0.25, 0.3) is 16.7 Å². The first-order valence-corrected chi connectivity index (χ1v) is 14.7. The van der Waals surface area contributed by atoms with Crippen LogP contribution in [-0.4, -0.2) is 53.6 Å². The van der Waals surface area contributed by atoms with Gasteiger partial charge in [-0.2, -0.15) is 0 Å². The third kappa shape index (κ3) is 8.67. The molecule has 2 aromatic carbocycles. The molecule has 0 saturated heterocycles. The first kappa shape index (κ1) is 31.3. The SMILES string of the molecule is CCN(CC)c1ccc2cc(-n3cc(COc4ccc(C(=O)NCCCCCCCC(=O)OC)cc4)nn3)c(=O)oc2c1. The Bertz CT molecular complexity index is 1560. The number of unbranched alkanes of at least 4 members (excludes halogenated alkanes) is 4. The zero-order chi connectivity index (χ0) is 30.6. The number of anilines is 1. The molecule has 0 unspecified atom stereocenters. The summed E-state index contributed by atoms with van der Waals surface area (Å²) < 4.78 is 17.4. The lowest BCUT2D eigenvalue weighted by Gasteiger charge is -2.20. The number of carbonyl (C=O) groups is 2. The fourth-order valence-electron chi connectivity index (χ4n) is 4.71. The molecule has 1 N–H and O–H groups in total. The van der Waals surface area contributed by atoms with E-state index in [1.54, 1.807) is 36.5 Å². The molecule has 43 heavy (non-hydrogen) atoms. The number of nitrogens with zero attached hydrogens (tertiary/aromatic N) is 4. The Morgan fingerprint density at radius 3 is 2.47 bits per heavy atom. The van der Waals surface area contributed by atoms with Crippen LogP contribution in [0.4, 0.5) is 5.69 Å². The number of nitrogens with one attached hydrogen (secondary N) is 1. The number of benzene rings is 2. The number of aromatic nitrogens is 3. The van der Waals surface area contributed by atoms with Crippen molar-refractivity contribution in [1.82, 2.24) is 20.3 Å². The van der Waals surface area contributed by atoms with Gasteiger partial charge in [0.2, 0.25) is 0 Å². The standard InChI is InChI=1S/C32H39N5O6/c1-4-36(5-2)26-15-12-24-19-28(32(40)43-29(24)20-26)37-21-25(34-35-37)22-42-27-16-13-23(14-17-27)31(39)33-18-10-8-6-7-9-11-30(38)41-3/h12-17,19-21H,4-11,18,22H2,1-3H3,(H,33,39). The van der Waals surface area contributed by atoms with Crippen LogP contribution in [0.2, 0.25) is 0 Å². The van der Waals surface area contributed by atoms with Crippen LogP contribution in [-0.2, 0) is 16.1 Å². The van der Waals surface area contributed by atoms with E-state index in [1.807, 2.05) is 18.2 Å². The molecule has 11 nitrogen and oxygen atoms in total. The van der Waals surface area contributed by atoms with Gasteiger partial charge in [0.15, 0.2) is 5.69 Å². The van der Waals surface area contributed by atoms with Gasteiger partial charge in [0.05, 0.1) is 13.3 Å². The molecule has 1 amide bonds. The van der Waals surface area contributed by atoms with Gasteiger partial charge in [-0.1, -0.05) is 24.5 Å². The van der Waals surface area contributed by atoms with Crippen molar-refractivity contribution >= 4 is 28.5 Å². The summed E-state index contributed by atoms with van der Waals surface area (Å²) in [5, 5.41) is 11.9. The molecular formula is C32H39N5O6. The number of methoxy groups -OCH3 is 1. The Hall–Kier alpha value is -4.67. The first-order valence-electron chi connectivity index (χ1n) is 14.7. The lowest BCUT2D eigenvalue weighted by atomic mass is 10.1. The van der Waals surface area contributed by atoms with Crippen LogP contribution in [0.15, 0.2) is 63.9 Å². The smallest absolute Gasteiger partial charge is 0.362 e. The molecule has 2 aromatic heterocycles. The Kier molecular flexibility index (Phi) is 11.3. The number of fused-ring (bicyclic) bond motifs is 1. The van der Waals surface area contributed by atoms with E-state index >= 15 is 0 Å². The fraction of sp³-hybridized carbons (Fsp3) is 0.406. The van der Waals surface area contributed by atoms with Gasteiger partial charge in [0, 0.05) is 48.8 Å². The van der Waals surface area contributed by atoms with Crippen molar-refractivity contribution in [2.45, 2.75) is 59.0 Å². The van der Waals surface area contributed by atoms with Crippen LogP contribution >= 0.6 is 0 Å². The molecule has 0 bridgehead atoms. The summed E-state index contributed by atoms with van der Waals surface area (Å²) in [5.74, 6) is 0.264. The normalized spacial score (nSPS) is 11.0. The summed E-state index contributed by atoms with van der Waals surface area (Å²) in [6.07, 6.45) is 6.76. The van der Waals surface area contributed by atoms with Crippen LogP contribution in [0.5, 0.6) is 5.75 Å². The number of ether oxygens (including phenoxy) is 2. The highest BCUT2D eigenvalue weighted by atomic mass is 16.5. The quantitative estimate of drug-likeness (QED) is 0.109. The number of rotatable bonds is 16. The number of amides is 1. The van der Waals surface area contributed by atoms with E-state index in [2.05, 4.69) is 39.1 Å². The van der Waals surface area contributed by atoms with Gasteiger partial charge >= 0.3 is 11.6 Å². The van der Waals surface area contributed by atoms with Crippen molar-refractivity contribution in [3.8, 4) is 11.4 Å². The Morgan fingerprint density at radius 1 is 0.977 bits per heavy atom. The minimum Gasteiger partial charge on any atom is -0.487 e. The van der Waals surface area contributed by atoms with E-state index in [1.165, 1.54) is 11.8 Å². The molecule has 2 heterocycles. The Balaban J connectivity index is 1.25. The van der Waals surface area contributed by atoms with Gasteiger partial charge in [0.25, 0.3) is 5.91 Å². The van der Waals surface area contributed by atoms with Gasteiger partial charge in [-0.25, -0.2) is 9.48 Å². The summed E-state index contributed by atoms with van der Waals surface area (Å²) >= 11 is 0. The predicted molar refractivity (Wildman–Crippen MR) is 164 cm³/mol. The van der Waals surface area contributed by atoms with E-state index < -0.39 is 5.63 Å². The molecule has 0 saturated carbocycles. The van der Waals surface area contributed by atoms with Crippen LogP contribution in [0, 0.1) is 0 Å². The summed E-state index contributed by atoms with van der Waals surface area (Å²) in [5.41, 5.74) is 2.34. The molecule has 4 rings (SSSR count). The van der Waals surface area contributed by atoms with Crippen molar-refractivity contribution in [3.63, 3.8) is 0 Å². The molecule has 0 atom stereocenters. The highest BCUT2D eigenvalue weighted by molar-refractivity contribution is 5.94. The monoisotopic (exact) mass is 589 g/mol. The number of hydrogen-bond donors (Lipinski definition) is 1. The first-order chi connectivity index (χ1) is 20.9. The van der Waals surface area contributed by atoms with E-state index in [4.69, 9.17) is 9.15 Å². The van der Waals surface area contributed by atoms with Crippen LogP contribution in [0.1, 0.15) is 68.4 Å². The van der Waals surface area contributed by atoms with Gasteiger partial charge in [-0.3, -0.25) is 9.59 Å². The van der Waals surface area contributed by atoms with Crippen molar-refractivity contribution < 1.29 is 23.5 Å². The van der Waals surface area contributed by atoms with Gasteiger partial charge in [-0.05, 0) is 69.2 Å².